The van der Waals surface area contributed by atoms with Crippen molar-refractivity contribution in [3.05, 3.63) is 48.0 Å². The van der Waals surface area contributed by atoms with Crippen LogP contribution in [0, 0.1) is 0 Å². The molecular formula is C23H31N3O. The minimum Gasteiger partial charge on any atom is -0.357 e. The first-order valence-corrected chi connectivity index (χ1v) is 10.1. The molecule has 1 heterocycles. The summed E-state index contributed by atoms with van der Waals surface area (Å²) in [4.78, 5) is 22.3. The number of pyridine rings is 1. The number of fused-ring (bicyclic) bond motifs is 1. The van der Waals surface area contributed by atoms with Gasteiger partial charge < -0.3 is 9.80 Å². The van der Waals surface area contributed by atoms with E-state index in [9.17, 15) is 4.79 Å². The largest absolute Gasteiger partial charge is 0.357 e. The van der Waals surface area contributed by atoms with Gasteiger partial charge >= 0.3 is 0 Å². The van der Waals surface area contributed by atoms with Gasteiger partial charge in [0.25, 0.3) is 5.91 Å². The van der Waals surface area contributed by atoms with Crippen LogP contribution in [0.15, 0.2) is 42.5 Å². The summed E-state index contributed by atoms with van der Waals surface area (Å²) in [5.41, 5.74) is 2.61. The summed E-state index contributed by atoms with van der Waals surface area (Å²) in [6.45, 7) is 9.19. The lowest BCUT2D eigenvalue weighted by molar-refractivity contribution is 0.0780. The molecule has 0 atom stereocenters. The number of rotatable bonds is 6. The highest BCUT2D eigenvalue weighted by atomic mass is 16.2. The van der Waals surface area contributed by atoms with Gasteiger partial charge in [-0.1, -0.05) is 49.6 Å². The van der Waals surface area contributed by atoms with E-state index in [-0.39, 0.29) is 5.91 Å². The molecule has 1 aromatic heterocycles. The maximum Gasteiger partial charge on any atom is 0.254 e. The van der Waals surface area contributed by atoms with E-state index < -0.39 is 0 Å². The molecule has 1 amide bonds. The molecule has 27 heavy (non-hydrogen) atoms. The van der Waals surface area contributed by atoms with E-state index >= 15 is 0 Å². The molecule has 144 valence electrons. The number of likely N-dealkylation sites (N-methyl/N-ethyl adjacent to an activating group) is 1. The number of benzene rings is 1. The standard InChI is InChI=1S/C23H31N3O/c1-5-26(16-17(2)3)23(27)20-15-22(24-21-14-10-9-13-19(20)21)25(4)18-11-7-6-8-12-18/h9-10,13-15,18H,2,5-8,11-12,16H2,1,3-4H3. The molecular weight excluding hydrogens is 334 g/mol. The summed E-state index contributed by atoms with van der Waals surface area (Å²) < 4.78 is 0. The number of aromatic nitrogens is 1. The number of para-hydroxylation sites is 1. The van der Waals surface area contributed by atoms with E-state index in [4.69, 9.17) is 4.98 Å². The molecule has 0 radical (unpaired) electrons. The second-order valence-electron chi connectivity index (χ2n) is 7.72. The predicted molar refractivity (Wildman–Crippen MR) is 113 cm³/mol. The van der Waals surface area contributed by atoms with Crippen LogP contribution in [-0.2, 0) is 0 Å². The molecule has 1 aromatic carbocycles. The van der Waals surface area contributed by atoms with Gasteiger partial charge in [0.2, 0.25) is 0 Å². The van der Waals surface area contributed by atoms with E-state index in [0.717, 1.165) is 27.9 Å². The van der Waals surface area contributed by atoms with Crippen LogP contribution in [0.2, 0.25) is 0 Å². The summed E-state index contributed by atoms with van der Waals surface area (Å²) in [6.07, 6.45) is 6.27. The molecule has 0 saturated heterocycles. The van der Waals surface area contributed by atoms with E-state index in [1.807, 2.05) is 49.1 Å². The Labute approximate surface area is 162 Å². The quantitative estimate of drug-likeness (QED) is 0.673. The fraction of sp³-hybridized carbons (Fsp3) is 0.478. The summed E-state index contributed by atoms with van der Waals surface area (Å²) in [5, 5.41) is 0.920. The van der Waals surface area contributed by atoms with Crippen molar-refractivity contribution in [3.8, 4) is 0 Å². The van der Waals surface area contributed by atoms with Crippen LogP contribution < -0.4 is 4.90 Å². The van der Waals surface area contributed by atoms with Gasteiger partial charge in [0.15, 0.2) is 0 Å². The van der Waals surface area contributed by atoms with Gasteiger partial charge in [-0.2, -0.15) is 0 Å². The third-order valence-corrected chi connectivity index (χ3v) is 5.55. The smallest absolute Gasteiger partial charge is 0.254 e. The molecule has 1 saturated carbocycles. The van der Waals surface area contributed by atoms with Crippen molar-refractivity contribution in [2.24, 2.45) is 0 Å². The number of hydrogen-bond acceptors (Lipinski definition) is 3. The number of hydrogen-bond donors (Lipinski definition) is 0. The molecule has 0 aliphatic heterocycles. The predicted octanol–water partition coefficient (Wildman–Crippen LogP) is 5.04. The highest BCUT2D eigenvalue weighted by molar-refractivity contribution is 6.07. The van der Waals surface area contributed by atoms with E-state index in [2.05, 4.69) is 18.5 Å². The first-order chi connectivity index (χ1) is 13.0. The van der Waals surface area contributed by atoms with Crippen LogP contribution in [0.4, 0.5) is 5.82 Å². The lowest BCUT2D eigenvalue weighted by Crippen LogP contribution is -2.35. The Bertz CT molecular complexity index is 823. The van der Waals surface area contributed by atoms with E-state index in [0.29, 0.717) is 19.1 Å². The minimum atomic E-state index is 0.0531. The topological polar surface area (TPSA) is 36.4 Å². The van der Waals surface area contributed by atoms with Crippen molar-refractivity contribution in [1.82, 2.24) is 9.88 Å². The van der Waals surface area contributed by atoms with Gasteiger partial charge in [-0.25, -0.2) is 4.98 Å². The first-order valence-electron chi connectivity index (χ1n) is 10.1. The third kappa shape index (κ3) is 4.32. The number of nitrogens with zero attached hydrogens (tertiary/aromatic N) is 3. The van der Waals surface area contributed by atoms with Crippen molar-refractivity contribution in [2.75, 3.05) is 25.0 Å². The van der Waals surface area contributed by atoms with E-state index in [1.54, 1.807) is 0 Å². The van der Waals surface area contributed by atoms with Gasteiger partial charge in [0.05, 0.1) is 11.1 Å². The fourth-order valence-electron chi connectivity index (χ4n) is 4.00. The molecule has 0 bridgehead atoms. The van der Waals surface area contributed by atoms with Gasteiger partial charge in [-0.3, -0.25) is 4.79 Å². The zero-order valence-electron chi connectivity index (χ0n) is 16.9. The second kappa shape index (κ2) is 8.55. The number of carbonyl (C=O) groups is 1. The average Bonchev–Trinajstić information content (AvgIpc) is 2.70. The second-order valence-corrected chi connectivity index (χ2v) is 7.72. The van der Waals surface area contributed by atoms with Crippen LogP contribution >= 0.6 is 0 Å². The Balaban J connectivity index is 2.02. The van der Waals surface area contributed by atoms with Crippen molar-refractivity contribution >= 4 is 22.6 Å². The van der Waals surface area contributed by atoms with Gasteiger partial charge in [-0.15, -0.1) is 0 Å². The van der Waals surface area contributed by atoms with Crippen molar-refractivity contribution in [1.29, 1.82) is 0 Å². The van der Waals surface area contributed by atoms with Crippen LogP contribution in [0.3, 0.4) is 0 Å². The number of anilines is 1. The summed E-state index contributed by atoms with van der Waals surface area (Å²) >= 11 is 0. The maximum absolute atomic E-state index is 13.3. The lowest BCUT2D eigenvalue weighted by atomic mass is 9.94. The Hall–Kier alpha value is -2.36. The SMILES string of the molecule is C=C(C)CN(CC)C(=O)c1cc(N(C)C2CCCCC2)nc2ccccc12. The Morgan fingerprint density at radius 3 is 2.59 bits per heavy atom. The monoisotopic (exact) mass is 365 g/mol. The molecule has 3 rings (SSSR count). The van der Waals surface area contributed by atoms with Crippen LogP contribution in [-0.4, -0.2) is 42.0 Å². The van der Waals surface area contributed by atoms with Crippen molar-refractivity contribution in [3.63, 3.8) is 0 Å². The Morgan fingerprint density at radius 1 is 1.22 bits per heavy atom. The summed E-state index contributed by atoms with van der Waals surface area (Å²) in [7, 11) is 2.12. The Morgan fingerprint density at radius 2 is 1.93 bits per heavy atom. The molecule has 4 heteroatoms. The third-order valence-electron chi connectivity index (χ3n) is 5.55. The van der Waals surface area contributed by atoms with Gasteiger partial charge in [-0.05, 0) is 38.8 Å². The number of amides is 1. The minimum absolute atomic E-state index is 0.0531. The van der Waals surface area contributed by atoms with Crippen LogP contribution in [0.1, 0.15) is 56.3 Å². The molecule has 0 unspecified atom stereocenters. The van der Waals surface area contributed by atoms with Gasteiger partial charge in [0, 0.05) is 31.6 Å². The molecule has 2 aromatic rings. The lowest BCUT2D eigenvalue weighted by Gasteiger charge is -2.32. The first kappa shape index (κ1) is 19.4. The van der Waals surface area contributed by atoms with Crippen LogP contribution in [0.5, 0.6) is 0 Å². The zero-order valence-corrected chi connectivity index (χ0v) is 16.9. The molecule has 0 spiro atoms. The summed E-state index contributed by atoms with van der Waals surface area (Å²) in [5.74, 6) is 0.952. The molecule has 1 aliphatic carbocycles. The summed E-state index contributed by atoms with van der Waals surface area (Å²) in [6, 6.07) is 10.4. The molecule has 4 nitrogen and oxygen atoms in total. The van der Waals surface area contributed by atoms with Crippen molar-refractivity contribution in [2.45, 2.75) is 52.0 Å². The highest BCUT2D eigenvalue weighted by Crippen LogP contribution is 2.29. The normalized spacial score (nSPS) is 14.9. The molecule has 1 aliphatic rings. The van der Waals surface area contributed by atoms with Crippen LogP contribution in [0.25, 0.3) is 10.9 Å². The van der Waals surface area contributed by atoms with E-state index in [1.165, 1.54) is 32.1 Å². The number of carbonyl (C=O) groups excluding carboxylic acids is 1. The van der Waals surface area contributed by atoms with Crippen molar-refractivity contribution < 1.29 is 4.79 Å². The highest BCUT2D eigenvalue weighted by Gasteiger charge is 2.23. The zero-order chi connectivity index (χ0) is 19.4. The maximum atomic E-state index is 13.3. The molecule has 1 fully saturated rings. The van der Waals surface area contributed by atoms with Gasteiger partial charge in [0.1, 0.15) is 5.82 Å². The Kier molecular flexibility index (Phi) is 6.15. The average molecular weight is 366 g/mol. The molecule has 0 N–H and O–H groups in total. The fourth-order valence-corrected chi connectivity index (χ4v) is 4.00.